The van der Waals surface area contributed by atoms with Crippen molar-refractivity contribution >= 4 is 44.2 Å². The van der Waals surface area contributed by atoms with E-state index >= 15 is 0 Å². The summed E-state index contributed by atoms with van der Waals surface area (Å²) in [6.45, 7) is -2.50. The number of nitrogens with zero attached hydrogens (tertiary/aromatic N) is 2. The second kappa shape index (κ2) is 7.96. The summed E-state index contributed by atoms with van der Waals surface area (Å²) in [7, 11) is 0. The van der Waals surface area contributed by atoms with Gasteiger partial charge >= 0.3 is 0 Å². The molecule has 3 aromatic carbocycles. The first kappa shape index (κ1) is 19.5. The lowest BCUT2D eigenvalue weighted by atomic mass is 10.3. The molecule has 31 heavy (non-hydrogen) atoms. The molecule has 0 amide bonds. The number of allylic oxidation sites excluding steroid dienone is 4. The molecule has 1 aliphatic heterocycles. The zero-order valence-corrected chi connectivity index (χ0v) is 18.2. The number of hydrogen-bond donors (Lipinski definition) is 0. The molecule has 0 N–H and O–H groups in total. The Balaban J connectivity index is 2.00. The Hall–Kier alpha value is -3.51. The lowest BCUT2D eigenvalue weighted by molar-refractivity contribution is 1.30. The van der Waals surface area contributed by atoms with Crippen LogP contribution in [0.3, 0.4) is 0 Å². The lowest BCUT2D eigenvalue weighted by Gasteiger charge is -2.31. The molecule has 4 aromatic rings. The molecule has 148 valence electrons. The number of rotatable bonds is 3. The molecule has 0 radical (unpaired) electrons. The first-order chi connectivity index (χ1) is 15.2. The van der Waals surface area contributed by atoms with Crippen LogP contribution in [0.1, 0.15) is 5.01 Å². The molecular weight excluding hydrogens is 419 g/mol. The summed E-state index contributed by atoms with van der Waals surface area (Å²) in [5, 5.41) is 15.3. The van der Waals surface area contributed by atoms with E-state index in [4.69, 9.17) is 0 Å². The van der Waals surface area contributed by atoms with E-state index in [0.29, 0.717) is 15.7 Å². The van der Waals surface area contributed by atoms with Crippen molar-refractivity contribution in [3.05, 3.63) is 124 Å². The minimum Gasteiger partial charge on any atom is -0.267 e. The molecule has 0 spiro atoms. The first-order valence-electron chi connectivity index (χ1n) is 9.82. The van der Waals surface area contributed by atoms with E-state index < -0.39 is 6.89 Å². The molecule has 0 saturated carbocycles. The Kier molecular flexibility index (Phi) is 5.00. The van der Waals surface area contributed by atoms with Crippen LogP contribution in [-0.4, -0.2) is 10.3 Å². The maximum Gasteiger partial charge on any atom is 0.279 e. The van der Waals surface area contributed by atoms with E-state index in [9.17, 15) is 10.1 Å². The molecule has 0 unspecified atom stereocenters. The third kappa shape index (κ3) is 3.11. The highest BCUT2D eigenvalue weighted by molar-refractivity contribution is 7.93. The van der Waals surface area contributed by atoms with Gasteiger partial charge in [0.2, 0.25) is 0 Å². The second-order valence-electron chi connectivity index (χ2n) is 7.07. The molecule has 0 bridgehead atoms. The van der Waals surface area contributed by atoms with E-state index in [1.54, 1.807) is 0 Å². The largest absolute Gasteiger partial charge is 0.279 e. The van der Waals surface area contributed by atoms with Gasteiger partial charge in [-0.3, -0.25) is 4.79 Å². The molecule has 5 heteroatoms. The molecule has 5 rings (SSSR count). The van der Waals surface area contributed by atoms with Crippen LogP contribution in [0.15, 0.2) is 113 Å². The molecule has 0 aliphatic carbocycles. The predicted octanol–water partition coefficient (Wildman–Crippen LogP) is 4.82. The Bertz CT molecular complexity index is 1470. The summed E-state index contributed by atoms with van der Waals surface area (Å²) in [5.41, 5.74) is -0.238. The summed E-state index contributed by atoms with van der Waals surface area (Å²) in [6, 6.07) is 30.3. The van der Waals surface area contributed by atoms with Crippen molar-refractivity contribution in [1.29, 1.82) is 5.26 Å². The van der Waals surface area contributed by atoms with Crippen LogP contribution in [0.4, 0.5) is 0 Å². The molecular formula is C26H17N2OPS. The highest BCUT2D eigenvalue weighted by atomic mass is 32.1. The summed E-state index contributed by atoms with van der Waals surface area (Å²) in [4.78, 5) is 17.4. The van der Waals surface area contributed by atoms with Crippen LogP contribution >= 0.6 is 18.2 Å². The smallest absolute Gasteiger partial charge is 0.267 e. The van der Waals surface area contributed by atoms with Gasteiger partial charge in [-0.1, -0.05) is 84.9 Å². The topological polar surface area (TPSA) is 53.8 Å². The maximum absolute atomic E-state index is 12.9. The predicted molar refractivity (Wildman–Crippen MR) is 132 cm³/mol. The third-order valence-electron chi connectivity index (χ3n) is 5.38. The zero-order chi connectivity index (χ0) is 21.3. The number of hydrogen-bond acceptors (Lipinski definition) is 4. The van der Waals surface area contributed by atoms with Crippen LogP contribution in [0.25, 0.3) is 10.1 Å². The highest BCUT2D eigenvalue weighted by Crippen LogP contribution is 2.57. The Morgan fingerprint density at radius 2 is 1.45 bits per heavy atom. The van der Waals surface area contributed by atoms with Crippen molar-refractivity contribution in [2.45, 2.75) is 0 Å². The zero-order valence-electron chi connectivity index (χ0n) is 16.5. The van der Waals surface area contributed by atoms with Gasteiger partial charge in [-0.15, -0.1) is 11.3 Å². The maximum atomic E-state index is 12.9. The van der Waals surface area contributed by atoms with Crippen molar-refractivity contribution in [3.8, 4) is 6.07 Å². The first-order valence-corrected chi connectivity index (χ1v) is 12.4. The van der Waals surface area contributed by atoms with E-state index in [2.05, 4.69) is 35.3 Å². The van der Waals surface area contributed by atoms with Crippen molar-refractivity contribution < 1.29 is 0 Å². The molecule has 2 heterocycles. The van der Waals surface area contributed by atoms with Gasteiger partial charge in [-0.2, -0.15) is 10.2 Å². The highest BCUT2D eigenvalue weighted by Gasteiger charge is 2.34. The Morgan fingerprint density at radius 1 is 0.839 bits per heavy atom. The SMILES string of the molecule is N#CC1=CC=CC(c2nc(=O)c3ccccc3s2)=P1(c1ccccc1)c1ccccc1. The van der Waals surface area contributed by atoms with Gasteiger partial charge in [0.05, 0.1) is 10.7 Å². The molecule has 1 aromatic heterocycles. The summed E-state index contributed by atoms with van der Waals surface area (Å²) in [5.74, 6) is 0. The van der Waals surface area contributed by atoms with Gasteiger partial charge in [0.1, 0.15) is 11.1 Å². The van der Waals surface area contributed by atoms with Crippen molar-refractivity contribution in [2.24, 2.45) is 0 Å². The van der Waals surface area contributed by atoms with Gasteiger partial charge in [0, 0.05) is 9.99 Å². The quantitative estimate of drug-likeness (QED) is 0.433. The fourth-order valence-electron chi connectivity index (χ4n) is 4.04. The van der Waals surface area contributed by atoms with Crippen molar-refractivity contribution in [3.63, 3.8) is 0 Å². The normalized spacial score (nSPS) is 14.8. The van der Waals surface area contributed by atoms with E-state index in [1.165, 1.54) is 11.3 Å². The van der Waals surface area contributed by atoms with Crippen LogP contribution in [0.2, 0.25) is 0 Å². The second-order valence-corrected chi connectivity index (χ2v) is 11.4. The van der Waals surface area contributed by atoms with Gasteiger partial charge in [-0.05, 0) is 35.7 Å². The standard InChI is InChI=1S/C26H17N2OPS/c27-18-21-14-9-16-23(26-28-25(29)22-15-7-8-17-24(22)31-26)30(21,19-10-3-1-4-11-19)20-12-5-2-6-13-20/h1-17H. The lowest BCUT2D eigenvalue weighted by Crippen LogP contribution is -2.25. The summed E-state index contributed by atoms with van der Waals surface area (Å²) in [6.07, 6.45) is 5.83. The van der Waals surface area contributed by atoms with E-state index in [1.807, 2.05) is 78.9 Å². The minimum atomic E-state index is -2.50. The van der Waals surface area contributed by atoms with Crippen molar-refractivity contribution in [1.82, 2.24) is 4.98 Å². The average Bonchev–Trinajstić information content (AvgIpc) is 2.84. The van der Waals surface area contributed by atoms with Gasteiger partial charge < -0.3 is 0 Å². The van der Waals surface area contributed by atoms with Crippen LogP contribution < -0.4 is 16.2 Å². The molecule has 3 nitrogen and oxygen atoms in total. The van der Waals surface area contributed by atoms with Crippen LogP contribution in [0, 0.1) is 11.3 Å². The molecule has 0 saturated heterocycles. The van der Waals surface area contributed by atoms with E-state index in [0.717, 1.165) is 20.6 Å². The summed E-state index contributed by atoms with van der Waals surface area (Å²) < 4.78 is 0.894. The fraction of sp³-hybridized carbons (Fsp3) is 0. The van der Waals surface area contributed by atoms with Crippen molar-refractivity contribution in [2.75, 3.05) is 0 Å². The van der Waals surface area contributed by atoms with Gasteiger partial charge in [-0.25, -0.2) is 0 Å². The van der Waals surface area contributed by atoms with Crippen LogP contribution in [0.5, 0.6) is 0 Å². The Labute approximate surface area is 184 Å². The van der Waals surface area contributed by atoms with E-state index in [-0.39, 0.29) is 5.56 Å². The third-order valence-corrected chi connectivity index (χ3v) is 10.8. The molecule has 1 aliphatic rings. The Morgan fingerprint density at radius 3 is 2.10 bits per heavy atom. The molecule has 0 atom stereocenters. The summed E-state index contributed by atoms with van der Waals surface area (Å²) >= 11 is 1.50. The number of fused-ring (bicyclic) bond motifs is 1. The number of benzene rings is 3. The number of nitriles is 1. The van der Waals surface area contributed by atoms with Gasteiger partial charge in [0.15, 0.2) is 0 Å². The number of aromatic nitrogens is 1. The molecule has 0 fully saturated rings. The van der Waals surface area contributed by atoms with Crippen LogP contribution in [-0.2, 0) is 0 Å². The fourth-order valence-corrected chi connectivity index (χ4v) is 9.53. The van der Waals surface area contributed by atoms with Gasteiger partial charge in [0.25, 0.3) is 5.56 Å². The minimum absolute atomic E-state index is 0.238. The average molecular weight is 436 g/mol. The monoisotopic (exact) mass is 436 g/mol.